The van der Waals surface area contributed by atoms with Crippen molar-refractivity contribution in [3.63, 3.8) is 0 Å². The lowest BCUT2D eigenvalue weighted by atomic mass is 9.86. The van der Waals surface area contributed by atoms with Gasteiger partial charge in [-0.15, -0.1) is 0 Å². The minimum atomic E-state index is -4.60. The maximum Gasteiger partial charge on any atom is 0.295 e. The lowest BCUT2D eigenvalue weighted by Gasteiger charge is -2.27. The monoisotopic (exact) mass is 328 g/mol. The molecule has 1 N–H and O–H groups in total. The maximum absolute atomic E-state index is 12.7. The van der Waals surface area contributed by atoms with Gasteiger partial charge in [-0.2, -0.15) is 8.42 Å². The van der Waals surface area contributed by atoms with Crippen molar-refractivity contribution < 1.29 is 21.4 Å². The van der Waals surface area contributed by atoms with E-state index in [0.29, 0.717) is 0 Å². The first-order chi connectivity index (χ1) is 9.54. The van der Waals surface area contributed by atoms with Gasteiger partial charge in [-0.25, -0.2) is 8.42 Å². The quantitative estimate of drug-likeness (QED) is 0.861. The van der Waals surface area contributed by atoms with Crippen LogP contribution in [-0.2, 0) is 20.0 Å². The molecule has 21 heavy (non-hydrogen) atoms. The van der Waals surface area contributed by atoms with Gasteiger partial charge in [0.05, 0.1) is 9.80 Å². The first kappa shape index (κ1) is 15.9. The molecule has 0 saturated carbocycles. The van der Waals surface area contributed by atoms with Crippen molar-refractivity contribution in [1.29, 1.82) is 0 Å². The number of rotatable bonds is 3. The van der Waals surface area contributed by atoms with E-state index in [2.05, 4.69) is 0 Å². The van der Waals surface area contributed by atoms with Crippen LogP contribution < -0.4 is 0 Å². The average molecular weight is 328 g/mol. The zero-order valence-corrected chi connectivity index (χ0v) is 13.3. The lowest BCUT2D eigenvalue weighted by molar-refractivity contribution is 0.467. The van der Waals surface area contributed by atoms with Crippen LogP contribution >= 0.6 is 0 Å². The Kier molecular flexibility index (Phi) is 3.86. The van der Waals surface area contributed by atoms with Crippen LogP contribution in [0.2, 0.25) is 0 Å². The fourth-order valence-corrected chi connectivity index (χ4v) is 5.09. The van der Waals surface area contributed by atoms with Gasteiger partial charge in [0.2, 0.25) is 9.84 Å². The fourth-order valence-electron chi connectivity index (χ4n) is 2.15. The molecular formula is C14H16O5S2. The highest BCUT2D eigenvalue weighted by molar-refractivity contribution is 7.97. The third-order valence-corrected chi connectivity index (χ3v) is 6.21. The zero-order valence-electron chi connectivity index (χ0n) is 11.6. The SMILES string of the molecule is CC1(C)C=CC(S(=O)(=O)O)=C(S(=O)(=O)c2ccccc2)C1. The van der Waals surface area contributed by atoms with E-state index in [4.69, 9.17) is 0 Å². The van der Waals surface area contributed by atoms with Gasteiger partial charge in [0.1, 0.15) is 4.91 Å². The van der Waals surface area contributed by atoms with Crippen LogP contribution in [0.25, 0.3) is 0 Å². The van der Waals surface area contributed by atoms with Crippen LogP contribution in [0.1, 0.15) is 20.3 Å². The molecule has 0 fully saturated rings. The lowest BCUT2D eigenvalue weighted by Crippen LogP contribution is -2.22. The topological polar surface area (TPSA) is 88.5 Å². The highest BCUT2D eigenvalue weighted by atomic mass is 32.2. The molecule has 0 unspecified atom stereocenters. The third kappa shape index (κ3) is 3.25. The second-order valence-electron chi connectivity index (χ2n) is 5.58. The van der Waals surface area contributed by atoms with Gasteiger partial charge in [0.15, 0.2) is 0 Å². The molecular weight excluding hydrogens is 312 g/mol. The molecule has 1 aromatic rings. The summed E-state index contributed by atoms with van der Waals surface area (Å²) in [7, 11) is -8.58. The van der Waals surface area contributed by atoms with E-state index in [-0.39, 0.29) is 16.2 Å². The van der Waals surface area contributed by atoms with Crippen molar-refractivity contribution in [2.45, 2.75) is 25.2 Å². The molecule has 0 atom stereocenters. The molecule has 1 aliphatic rings. The zero-order chi connectivity index (χ0) is 15.9. The second-order valence-corrected chi connectivity index (χ2v) is 8.94. The summed E-state index contributed by atoms with van der Waals surface area (Å²) < 4.78 is 57.6. The van der Waals surface area contributed by atoms with Gasteiger partial charge >= 0.3 is 0 Å². The summed E-state index contributed by atoms with van der Waals surface area (Å²) in [4.78, 5) is -0.818. The van der Waals surface area contributed by atoms with E-state index in [9.17, 15) is 21.4 Å². The van der Waals surface area contributed by atoms with Crippen LogP contribution in [0.3, 0.4) is 0 Å². The molecule has 0 aliphatic heterocycles. The third-order valence-electron chi connectivity index (χ3n) is 3.23. The minimum absolute atomic E-state index is 0.00671. The van der Waals surface area contributed by atoms with Gasteiger partial charge in [-0.3, -0.25) is 4.55 Å². The summed E-state index contributed by atoms with van der Waals surface area (Å²) >= 11 is 0. The van der Waals surface area contributed by atoms with Crippen LogP contribution in [0.5, 0.6) is 0 Å². The van der Waals surface area contributed by atoms with Crippen molar-refractivity contribution in [2.24, 2.45) is 5.41 Å². The summed E-state index contributed by atoms with van der Waals surface area (Å²) in [5, 5.41) is 0. The van der Waals surface area contributed by atoms with Gasteiger partial charge in [-0.1, -0.05) is 38.1 Å². The number of hydrogen-bond acceptors (Lipinski definition) is 4. The average Bonchev–Trinajstić information content (AvgIpc) is 2.37. The molecule has 0 bridgehead atoms. The van der Waals surface area contributed by atoms with Crippen molar-refractivity contribution in [3.05, 3.63) is 52.3 Å². The maximum atomic E-state index is 12.7. The Labute approximate surface area is 124 Å². The first-order valence-electron chi connectivity index (χ1n) is 6.24. The number of benzene rings is 1. The van der Waals surface area contributed by atoms with E-state index in [1.807, 2.05) is 0 Å². The molecule has 7 heteroatoms. The second kappa shape index (κ2) is 5.08. The van der Waals surface area contributed by atoms with Crippen LogP contribution in [0.4, 0.5) is 0 Å². The molecule has 0 heterocycles. The molecule has 1 aromatic carbocycles. The van der Waals surface area contributed by atoms with Crippen LogP contribution in [-0.4, -0.2) is 21.4 Å². The summed E-state index contributed by atoms with van der Waals surface area (Å²) in [5.74, 6) is 0. The number of hydrogen-bond donors (Lipinski definition) is 1. The number of sulfone groups is 1. The fraction of sp³-hybridized carbons (Fsp3) is 0.286. The molecule has 0 amide bonds. The Bertz CT molecular complexity index is 813. The molecule has 0 saturated heterocycles. The summed E-state index contributed by atoms with van der Waals surface area (Å²) in [6.45, 7) is 3.59. The van der Waals surface area contributed by atoms with E-state index >= 15 is 0 Å². The largest absolute Gasteiger partial charge is 0.295 e. The van der Waals surface area contributed by atoms with Crippen LogP contribution in [0, 0.1) is 5.41 Å². The summed E-state index contributed by atoms with van der Waals surface area (Å²) in [6, 6.07) is 7.58. The molecule has 2 rings (SSSR count). The van der Waals surface area contributed by atoms with Crippen LogP contribution in [0.15, 0.2) is 57.2 Å². The van der Waals surface area contributed by atoms with Gasteiger partial charge < -0.3 is 0 Å². The summed E-state index contributed by atoms with van der Waals surface area (Å²) in [6.07, 6.45) is 2.75. The van der Waals surface area contributed by atoms with Crippen molar-refractivity contribution in [1.82, 2.24) is 0 Å². The summed E-state index contributed by atoms with van der Waals surface area (Å²) in [5.41, 5.74) is -0.509. The Balaban J connectivity index is 2.73. The Morgan fingerprint density at radius 3 is 2.14 bits per heavy atom. The standard InChI is InChI=1S/C14H16O5S2/c1-14(2)9-8-12(21(17,18)19)13(10-14)20(15,16)11-6-4-3-5-7-11/h3-9H,10H2,1-2H3,(H,17,18,19). The van der Waals surface area contributed by atoms with E-state index in [1.165, 1.54) is 12.1 Å². The van der Waals surface area contributed by atoms with Crippen molar-refractivity contribution in [3.8, 4) is 0 Å². The molecule has 0 radical (unpaired) electrons. The Hall–Kier alpha value is -1.44. The van der Waals surface area contributed by atoms with E-state index in [0.717, 1.165) is 6.08 Å². The van der Waals surface area contributed by atoms with E-state index in [1.54, 1.807) is 38.1 Å². The molecule has 0 aromatic heterocycles. The predicted octanol–water partition coefficient (Wildman–Crippen LogP) is 2.55. The normalized spacial score (nSPS) is 18.8. The predicted molar refractivity (Wildman–Crippen MR) is 79.7 cm³/mol. The highest BCUT2D eigenvalue weighted by Crippen LogP contribution is 2.39. The van der Waals surface area contributed by atoms with Gasteiger partial charge in [0.25, 0.3) is 10.1 Å². The van der Waals surface area contributed by atoms with E-state index < -0.39 is 30.3 Å². The molecule has 5 nitrogen and oxygen atoms in total. The number of allylic oxidation sites excluding steroid dienone is 3. The molecule has 0 spiro atoms. The van der Waals surface area contributed by atoms with Gasteiger partial charge in [0, 0.05) is 0 Å². The molecule has 114 valence electrons. The van der Waals surface area contributed by atoms with Gasteiger partial charge in [-0.05, 0) is 30.0 Å². The van der Waals surface area contributed by atoms with Crippen molar-refractivity contribution in [2.75, 3.05) is 0 Å². The smallest absolute Gasteiger partial charge is 0.282 e. The highest BCUT2D eigenvalue weighted by Gasteiger charge is 2.35. The Morgan fingerprint density at radius 2 is 1.62 bits per heavy atom. The molecule has 1 aliphatic carbocycles. The Morgan fingerprint density at radius 1 is 1.05 bits per heavy atom. The first-order valence-corrected chi connectivity index (χ1v) is 9.16. The van der Waals surface area contributed by atoms with Crippen molar-refractivity contribution >= 4 is 20.0 Å². The minimum Gasteiger partial charge on any atom is -0.282 e.